The summed E-state index contributed by atoms with van der Waals surface area (Å²) in [5.74, 6) is 0. The monoisotopic (exact) mass is 943 g/mol. The molecule has 14 aromatic rings. The van der Waals surface area contributed by atoms with E-state index in [1.165, 1.54) is 158 Å². The molecule has 16 rings (SSSR count). The molecule has 1 aliphatic carbocycles. The Kier molecular flexibility index (Phi) is 8.18. The van der Waals surface area contributed by atoms with Crippen molar-refractivity contribution < 1.29 is 0 Å². The van der Waals surface area contributed by atoms with E-state index in [0.29, 0.717) is 0 Å². The minimum absolute atomic E-state index is 0.165. The molecule has 0 saturated carbocycles. The minimum atomic E-state index is -2.08. The zero-order valence-corrected chi connectivity index (χ0v) is 42.3. The first-order valence-electron chi connectivity index (χ1n) is 25.9. The maximum Gasteiger partial charge on any atom is 0.113 e. The maximum absolute atomic E-state index is 2.59. The zero-order valence-electron chi connectivity index (χ0n) is 41.3. The van der Waals surface area contributed by atoms with E-state index in [4.69, 9.17) is 0 Å². The van der Waals surface area contributed by atoms with Crippen LogP contribution < -0.4 is 10.4 Å². The fraction of sp³-hybridized carbons (Fsp3) is 0.0704. The summed E-state index contributed by atoms with van der Waals surface area (Å²) in [5, 5.41) is 21.3. The molecule has 0 unspecified atom stereocenters. The second kappa shape index (κ2) is 14.5. The Morgan fingerprint density at radius 1 is 0.342 bits per heavy atom. The molecule has 13 aromatic carbocycles. The molecular weight excluding hydrogens is 895 g/mol. The smallest absolute Gasteiger partial charge is 0.113 e. The van der Waals surface area contributed by atoms with Crippen LogP contribution in [0.3, 0.4) is 0 Å². The molecule has 73 heavy (non-hydrogen) atoms. The van der Waals surface area contributed by atoms with Gasteiger partial charge in [0.1, 0.15) is 8.07 Å². The molecule has 0 atom stereocenters. The lowest BCUT2D eigenvalue weighted by Gasteiger charge is -2.23. The first kappa shape index (κ1) is 41.1. The molecule has 342 valence electrons. The van der Waals surface area contributed by atoms with E-state index in [-0.39, 0.29) is 5.41 Å². The number of hydrogen-bond donors (Lipinski definition) is 0. The highest BCUT2D eigenvalue weighted by molar-refractivity contribution is 7.04. The van der Waals surface area contributed by atoms with Crippen LogP contribution in [0.25, 0.3) is 137 Å². The second-order valence-corrected chi connectivity index (χ2v) is 26.2. The molecule has 0 bridgehead atoms. The lowest BCUT2D eigenvalue weighted by Crippen LogP contribution is -2.49. The van der Waals surface area contributed by atoms with Crippen molar-refractivity contribution in [3.63, 3.8) is 0 Å². The van der Waals surface area contributed by atoms with Gasteiger partial charge >= 0.3 is 0 Å². The standard InChI is InChI=1S/C71H49NSi/c1-71(2)63-29-17-16-24-49(63)54-32-33-55-60-38-44(30-34-64(60)72(70(55)69(54)71)46-20-6-5-7-21-46)67-50-25-12-14-27-52(50)68(53-28-15-13-26-51(53)67)45-31-35-65-61(39-45)62-40-58-57-37-43-19-9-8-18-42(43)36-56(57)47-22-10-11-23-48(47)59(58)41-66(62)73(65,3)4/h5-41H,1-4H3. The van der Waals surface area contributed by atoms with Crippen molar-refractivity contribution >= 4 is 105 Å². The van der Waals surface area contributed by atoms with Gasteiger partial charge in [0, 0.05) is 21.9 Å². The largest absolute Gasteiger partial charge is 0.309 e. The van der Waals surface area contributed by atoms with Gasteiger partial charge in [0.2, 0.25) is 0 Å². The summed E-state index contributed by atoms with van der Waals surface area (Å²) in [5.41, 5.74) is 16.9. The molecule has 0 fully saturated rings. The maximum atomic E-state index is 2.59. The number of benzene rings is 13. The van der Waals surface area contributed by atoms with E-state index in [1.54, 1.807) is 0 Å². The second-order valence-electron chi connectivity index (χ2n) is 21.9. The van der Waals surface area contributed by atoms with Crippen LogP contribution in [0.5, 0.6) is 0 Å². The predicted molar refractivity (Wildman–Crippen MR) is 316 cm³/mol. The molecule has 0 spiro atoms. The quantitative estimate of drug-likeness (QED) is 0.0945. The van der Waals surface area contributed by atoms with Crippen molar-refractivity contribution in [1.29, 1.82) is 0 Å². The van der Waals surface area contributed by atoms with Crippen molar-refractivity contribution in [2.75, 3.05) is 0 Å². The van der Waals surface area contributed by atoms with Crippen molar-refractivity contribution in [3.8, 4) is 50.2 Å². The fourth-order valence-corrected chi connectivity index (χ4v) is 17.2. The lowest BCUT2D eigenvalue weighted by atomic mass is 9.81. The molecule has 0 N–H and O–H groups in total. The van der Waals surface area contributed by atoms with Gasteiger partial charge in [-0.25, -0.2) is 0 Å². The topological polar surface area (TPSA) is 4.93 Å². The van der Waals surface area contributed by atoms with Crippen molar-refractivity contribution in [1.82, 2.24) is 4.57 Å². The third-order valence-electron chi connectivity index (χ3n) is 17.5. The van der Waals surface area contributed by atoms with E-state index < -0.39 is 8.07 Å². The van der Waals surface area contributed by atoms with Crippen LogP contribution in [0.15, 0.2) is 224 Å². The minimum Gasteiger partial charge on any atom is -0.309 e. The van der Waals surface area contributed by atoms with Crippen LogP contribution in [0.2, 0.25) is 13.1 Å². The molecule has 1 aromatic heterocycles. The van der Waals surface area contributed by atoms with Crippen LogP contribution in [-0.2, 0) is 5.41 Å². The van der Waals surface area contributed by atoms with E-state index >= 15 is 0 Å². The number of rotatable bonds is 3. The van der Waals surface area contributed by atoms with Gasteiger partial charge in [-0.05, 0) is 179 Å². The highest BCUT2D eigenvalue weighted by atomic mass is 28.3. The van der Waals surface area contributed by atoms with Crippen molar-refractivity contribution in [3.05, 3.63) is 236 Å². The fourth-order valence-electron chi connectivity index (χ4n) is 14.2. The average molecular weight is 944 g/mol. The third-order valence-corrected chi connectivity index (χ3v) is 21.0. The van der Waals surface area contributed by atoms with Gasteiger partial charge in [-0.1, -0.05) is 203 Å². The van der Waals surface area contributed by atoms with Crippen LogP contribution in [-0.4, -0.2) is 12.6 Å². The van der Waals surface area contributed by atoms with E-state index in [9.17, 15) is 0 Å². The predicted octanol–water partition coefficient (Wildman–Crippen LogP) is 18.1. The summed E-state index contributed by atoms with van der Waals surface area (Å²) in [6.07, 6.45) is 0. The first-order valence-corrected chi connectivity index (χ1v) is 28.9. The van der Waals surface area contributed by atoms with Gasteiger partial charge in [0.05, 0.1) is 11.0 Å². The Balaban J connectivity index is 0.923. The highest BCUT2D eigenvalue weighted by Crippen LogP contribution is 2.54. The number of aromatic nitrogens is 1. The number of fused-ring (bicyclic) bond motifs is 19. The van der Waals surface area contributed by atoms with E-state index in [2.05, 4.69) is 256 Å². The van der Waals surface area contributed by atoms with Gasteiger partial charge in [0.25, 0.3) is 0 Å². The molecule has 1 aliphatic heterocycles. The summed E-state index contributed by atoms with van der Waals surface area (Å²) >= 11 is 0. The molecule has 2 heteroatoms. The summed E-state index contributed by atoms with van der Waals surface area (Å²) in [4.78, 5) is 0. The van der Waals surface area contributed by atoms with Gasteiger partial charge in [-0.15, -0.1) is 0 Å². The highest BCUT2D eigenvalue weighted by Gasteiger charge is 2.40. The Hall–Kier alpha value is -8.56. The SMILES string of the molecule is CC1(C)c2ccccc2-c2ccc3c4cc(-c5c6ccccc6c(-c6ccc7c(c6)-c6cc8c(cc6[Si]7(C)C)c6ccccc6c6cc7ccccc7cc86)c6ccccc56)ccc4n(-c4ccccc4)c3c21. The summed E-state index contributed by atoms with van der Waals surface area (Å²) in [7, 11) is -2.08. The first-order chi connectivity index (χ1) is 35.7. The molecule has 2 heterocycles. The lowest BCUT2D eigenvalue weighted by molar-refractivity contribution is 0.664. The van der Waals surface area contributed by atoms with Gasteiger partial charge < -0.3 is 4.57 Å². The Morgan fingerprint density at radius 3 is 1.53 bits per heavy atom. The van der Waals surface area contributed by atoms with Crippen LogP contribution >= 0.6 is 0 Å². The van der Waals surface area contributed by atoms with Gasteiger partial charge in [0.15, 0.2) is 0 Å². The Morgan fingerprint density at radius 2 is 0.863 bits per heavy atom. The zero-order chi connectivity index (χ0) is 48.5. The van der Waals surface area contributed by atoms with Crippen LogP contribution in [0, 0.1) is 0 Å². The van der Waals surface area contributed by atoms with Gasteiger partial charge in [-0.2, -0.15) is 0 Å². The van der Waals surface area contributed by atoms with Gasteiger partial charge in [-0.3, -0.25) is 0 Å². The van der Waals surface area contributed by atoms with Crippen LogP contribution in [0.4, 0.5) is 0 Å². The molecule has 1 nitrogen and oxygen atoms in total. The molecule has 2 aliphatic rings. The summed E-state index contributed by atoms with van der Waals surface area (Å²) < 4.78 is 2.53. The Bertz CT molecular complexity index is 4720. The number of nitrogens with zero attached hydrogens (tertiary/aromatic N) is 1. The number of hydrogen-bond acceptors (Lipinski definition) is 0. The normalized spacial score (nSPS) is 14.2. The van der Waals surface area contributed by atoms with Crippen LogP contribution in [0.1, 0.15) is 25.0 Å². The molecule has 0 radical (unpaired) electrons. The average Bonchev–Trinajstić information content (AvgIpc) is 3.97. The Labute approximate surface area is 425 Å². The van der Waals surface area contributed by atoms with E-state index in [0.717, 1.165) is 0 Å². The summed E-state index contributed by atoms with van der Waals surface area (Å²) in [6, 6.07) is 85.7. The number of para-hydroxylation sites is 1. The third kappa shape index (κ3) is 5.46. The van der Waals surface area contributed by atoms with Crippen molar-refractivity contribution in [2.24, 2.45) is 0 Å². The molecule has 0 saturated heterocycles. The summed E-state index contributed by atoms with van der Waals surface area (Å²) in [6.45, 7) is 9.93. The van der Waals surface area contributed by atoms with E-state index in [1.807, 2.05) is 0 Å². The molecule has 0 amide bonds. The van der Waals surface area contributed by atoms with Crippen molar-refractivity contribution in [2.45, 2.75) is 32.4 Å². The molecular formula is C71H49NSi.